The summed E-state index contributed by atoms with van der Waals surface area (Å²) in [4.78, 5) is 24.1. The van der Waals surface area contributed by atoms with Crippen LogP contribution in [0.5, 0.6) is 0 Å². The molecule has 0 bridgehead atoms. The second kappa shape index (κ2) is 6.51. The maximum atomic E-state index is 13.5. The first-order valence-corrected chi connectivity index (χ1v) is 6.98. The van der Waals surface area contributed by atoms with Crippen LogP contribution in [0.4, 0.5) is 4.39 Å². The largest absolute Gasteiger partial charge is 0.349 e. The van der Waals surface area contributed by atoms with E-state index in [-0.39, 0.29) is 12.4 Å². The van der Waals surface area contributed by atoms with E-state index in [0.717, 1.165) is 0 Å². The van der Waals surface area contributed by atoms with Gasteiger partial charge in [0, 0.05) is 19.3 Å². The summed E-state index contributed by atoms with van der Waals surface area (Å²) < 4.78 is 15.0. The number of hydrogen-bond donors (Lipinski definition) is 1. The number of carbonyl (C=O) groups excluding carboxylic acids is 2. The number of nitrogens with one attached hydrogen (secondary N) is 1. The van der Waals surface area contributed by atoms with Crippen molar-refractivity contribution in [2.24, 2.45) is 7.05 Å². The molecule has 0 saturated carbocycles. The fourth-order valence-electron chi connectivity index (χ4n) is 2.31. The average molecular weight is 303 g/mol. The Labute approximate surface area is 128 Å². The van der Waals surface area contributed by atoms with Crippen LogP contribution in [0.1, 0.15) is 27.3 Å². The van der Waals surface area contributed by atoms with Crippen LogP contribution in [0.3, 0.4) is 0 Å². The molecule has 1 heterocycles. The maximum Gasteiger partial charge on any atom is 0.292 e. The van der Waals surface area contributed by atoms with E-state index in [1.807, 2.05) is 0 Å². The van der Waals surface area contributed by atoms with Crippen molar-refractivity contribution in [2.45, 2.75) is 20.3 Å². The average Bonchev–Trinajstić information content (AvgIpc) is 2.73. The van der Waals surface area contributed by atoms with Crippen LogP contribution in [-0.2, 0) is 18.3 Å². The first-order valence-electron chi connectivity index (χ1n) is 6.98. The van der Waals surface area contributed by atoms with Gasteiger partial charge < -0.3 is 5.32 Å². The van der Waals surface area contributed by atoms with Crippen molar-refractivity contribution in [1.82, 2.24) is 15.1 Å². The van der Waals surface area contributed by atoms with Crippen LogP contribution in [0.15, 0.2) is 24.3 Å². The lowest BCUT2D eigenvalue weighted by atomic mass is 10.1. The molecule has 0 radical (unpaired) electrons. The van der Waals surface area contributed by atoms with Gasteiger partial charge in [0.25, 0.3) is 11.7 Å². The summed E-state index contributed by atoms with van der Waals surface area (Å²) in [6.45, 7) is 3.62. The number of benzene rings is 1. The van der Waals surface area contributed by atoms with Gasteiger partial charge in [-0.25, -0.2) is 4.39 Å². The Kier molecular flexibility index (Phi) is 4.70. The van der Waals surface area contributed by atoms with Crippen molar-refractivity contribution in [1.29, 1.82) is 0 Å². The number of carbonyl (C=O) groups is 2. The van der Waals surface area contributed by atoms with Gasteiger partial charge >= 0.3 is 0 Å². The molecule has 0 unspecified atom stereocenters. The molecule has 0 fully saturated rings. The number of ketones is 1. The molecule has 0 atom stereocenters. The molecule has 1 aromatic heterocycles. The number of nitrogens with zero attached hydrogens (tertiary/aromatic N) is 2. The number of Topliss-reactive ketones (excluding diaryl/α,β-unsaturated/α-hetero) is 1. The normalized spacial score (nSPS) is 10.5. The van der Waals surface area contributed by atoms with E-state index in [1.54, 1.807) is 43.8 Å². The predicted molar refractivity (Wildman–Crippen MR) is 80.1 cm³/mol. The van der Waals surface area contributed by atoms with E-state index >= 15 is 0 Å². The molecule has 0 aliphatic heterocycles. The van der Waals surface area contributed by atoms with Gasteiger partial charge in [-0.2, -0.15) is 5.10 Å². The Bertz CT molecular complexity index is 722. The van der Waals surface area contributed by atoms with E-state index < -0.39 is 11.7 Å². The monoisotopic (exact) mass is 303 g/mol. The van der Waals surface area contributed by atoms with Crippen molar-refractivity contribution in [3.8, 4) is 0 Å². The highest BCUT2D eigenvalue weighted by atomic mass is 19.1. The van der Waals surface area contributed by atoms with Crippen LogP contribution in [0, 0.1) is 19.7 Å². The van der Waals surface area contributed by atoms with Gasteiger partial charge in [-0.1, -0.05) is 18.2 Å². The zero-order valence-electron chi connectivity index (χ0n) is 12.8. The van der Waals surface area contributed by atoms with Gasteiger partial charge in [0.15, 0.2) is 0 Å². The third-order valence-corrected chi connectivity index (χ3v) is 3.58. The predicted octanol–water partition coefficient (Wildman–Crippen LogP) is 1.72. The number of halogens is 1. The van der Waals surface area contributed by atoms with Gasteiger partial charge in [-0.15, -0.1) is 0 Å². The first kappa shape index (κ1) is 15.9. The lowest BCUT2D eigenvalue weighted by Gasteiger charge is -2.06. The van der Waals surface area contributed by atoms with Crippen LogP contribution in [0.2, 0.25) is 0 Å². The topological polar surface area (TPSA) is 64.0 Å². The number of amides is 1. The summed E-state index contributed by atoms with van der Waals surface area (Å²) in [5.41, 5.74) is 2.00. The standard InChI is InChI=1S/C16H18FN3O2/c1-10-14(11(2)20(3)19-10)15(21)16(22)18-9-8-12-6-4-5-7-13(12)17/h4-7H,8-9H2,1-3H3,(H,18,22). The van der Waals surface area contributed by atoms with Crippen LogP contribution in [-0.4, -0.2) is 28.0 Å². The molecule has 6 heteroatoms. The SMILES string of the molecule is Cc1nn(C)c(C)c1C(=O)C(=O)NCCc1ccccc1F. The highest BCUT2D eigenvalue weighted by Crippen LogP contribution is 2.12. The van der Waals surface area contributed by atoms with Crippen molar-refractivity contribution in [2.75, 3.05) is 6.54 Å². The molecule has 116 valence electrons. The molecule has 0 aliphatic carbocycles. The minimum absolute atomic E-state index is 0.198. The third-order valence-electron chi connectivity index (χ3n) is 3.58. The summed E-state index contributed by atoms with van der Waals surface area (Å²) in [6, 6.07) is 6.35. The molecule has 1 N–H and O–H groups in total. The Morgan fingerprint density at radius 3 is 2.55 bits per heavy atom. The molecule has 2 aromatic rings. The van der Waals surface area contributed by atoms with Gasteiger partial charge in [0.1, 0.15) is 5.82 Å². The quantitative estimate of drug-likeness (QED) is 0.675. The zero-order valence-corrected chi connectivity index (χ0v) is 12.8. The second-order valence-corrected chi connectivity index (χ2v) is 5.10. The van der Waals surface area contributed by atoms with Crippen molar-refractivity contribution in [3.05, 3.63) is 52.6 Å². The second-order valence-electron chi connectivity index (χ2n) is 5.10. The highest BCUT2D eigenvalue weighted by molar-refractivity contribution is 6.43. The van der Waals surface area contributed by atoms with Gasteiger partial charge in [0.2, 0.25) is 0 Å². The fourth-order valence-corrected chi connectivity index (χ4v) is 2.31. The number of rotatable bonds is 5. The molecule has 0 spiro atoms. The Balaban J connectivity index is 1.98. The minimum Gasteiger partial charge on any atom is -0.349 e. The molecule has 2 rings (SSSR count). The lowest BCUT2D eigenvalue weighted by Crippen LogP contribution is -2.33. The highest BCUT2D eigenvalue weighted by Gasteiger charge is 2.23. The minimum atomic E-state index is -0.699. The molecule has 0 saturated heterocycles. The van der Waals surface area contributed by atoms with E-state index in [9.17, 15) is 14.0 Å². The molecule has 1 aromatic carbocycles. The summed E-state index contributed by atoms with van der Waals surface area (Å²) in [7, 11) is 1.72. The summed E-state index contributed by atoms with van der Waals surface area (Å²) in [5.74, 6) is -1.63. The van der Waals surface area contributed by atoms with Crippen LogP contribution >= 0.6 is 0 Å². The Morgan fingerprint density at radius 1 is 1.27 bits per heavy atom. The molecular weight excluding hydrogens is 285 g/mol. The van der Waals surface area contributed by atoms with E-state index in [0.29, 0.717) is 28.9 Å². The van der Waals surface area contributed by atoms with E-state index in [1.165, 1.54) is 6.07 Å². The Morgan fingerprint density at radius 2 is 1.95 bits per heavy atom. The number of aromatic nitrogens is 2. The van der Waals surface area contributed by atoms with Crippen LogP contribution < -0.4 is 5.32 Å². The molecule has 0 aliphatic rings. The zero-order chi connectivity index (χ0) is 16.3. The van der Waals surface area contributed by atoms with Crippen molar-refractivity contribution >= 4 is 11.7 Å². The fraction of sp³-hybridized carbons (Fsp3) is 0.312. The molecule has 1 amide bonds. The van der Waals surface area contributed by atoms with Gasteiger partial charge in [0.05, 0.1) is 11.3 Å². The number of aryl methyl sites for hydroxylation is 2. The summed E-state index contributed by atoms with van der Waals surface area (Å²) >= 11 is 0. The lowest BCUT2D eigenvalue weighted by molar-refractivity contribution is -0.116. The first-order chi connectivity index (χ1) is 10.4. The maximum absolute atomic E-state index is 13.5. The van der Waals surface area contributed by atoms with Crippen molar-refractivity contribution in [3.63, 3.8) is 0 Å². The van der Waals surface area contributed by atoms with Crippen molar-refractivity contribution < 1.29 is 14.0 Å². The molecular formula is C16H18FN3O2. The third kappa shape index (κ3) is 3.21. The van der Waals surface area contributed by atoms with E-state index in [4.69, 9.17) is 0 Å². The Hall–Kier alpha value is -2.50. The smallest absolute Gasteiger partial charge is 0.292 e. The summed E-state index contributed by atoms with van der Waals surface area (Å²) in [6.07, 6.45) is 0.330. The van der Waals surface area contributed by atoms with Gasteiger partial charge in [-0.3, -0.25) is 14.3 Å². The summed E-state index contributed by atoms with van der Waals surface area (Å²) in [5, 5.41) is 6.65. The molecule has 22 heavy (non-hydrogen) atoms. The van der Waals surface area contributed by atoms with E-state index in [2.05, 4.69) is 10.4 Å². The number of hydrogen-bond acceptors (Lipinski definition) is 3. The molecule has 5 nitrogen and oxygen atoms in total. The van der Waals surface area contributed by atoms with Gasteiger partial charge in [-0.05, 0) is 31.9 Å². The van der Waals surface area contributed by atoms with Crippen LogP contribution in [0.25, 0.3) is 0 Å².